The lowest BCUT2D eigenvalue weighted by Gasteiger charge is -2.40. The van der Waals surface area contributed by atoms with E-state index in [1.165, 1.54) is 5.56 Å². The Morgan fingerprint density at radius 2 is 2.04 bits per heavy atom. The lowest BCUT2D eigenvalue weighted by Crippen LogP contribution is -2.53. The normalized spacial score (nSPS) is 21.4. The van der Waals surface area contributed by atoms with Crippen LogP contribution < -0.4 is 0 Å². The minimum absolute atomic E-state index is 0.250. The van der Waals surface area contributed by atoms with E-state index < -0.39 is 0 Å². The first kappa shape index (κ1) is 16.2. The topological polar surface area (TPSA) is 44.5 Å². The Morgan fingerprint density at radius 1 is 1.26 bits per heavy atom. The van der Waals surface area contributed by atoms with Crippen LogP contribution in [0.25, 0.3) is 5.69 Å². The summed E-state index contributed by atoms with van der Waals surface area (Å²) < 4.78 is 2.01. The Labute approximate surface area is 138 Å². The second-order valence-electron chi connectivity index (χ2n) is 6.56. The number of piperazine rings is 1. The summed E-state index contributed by atoms with van der Waals surface area (Å²) in [7, 11) is 0. The van der Waals surface area contributed by atoms with Gasteiger partial charge in [0.25, 0.3) is 0 Å². The molecule has 0 spiro atoms. The molecule has 1 aliphatic rings. The minimum atomic E-state index is -0.250. The van der Waals surface area contributed by atoms with E-state index in [0.717, 1.165) is 38.4 Å². The smallest absolute Gasteiger partial charge is 0.0991 e. The Bertz CT molecular complexity index is 594. The van der Waals surface area contributed by atoms with Gasteiger partial charge in [-0.15, -0.1) is 0 Å². The monoisotopic (exact) mass is 314 g/mol. The van der Waals surface area contributed by atoms with E-state index in [1.54, 1.807) is 6.20 Å². The highest BCUT2D eigenvalue weighted by Crippen LogP contribution is 2.15. The van der Waals surface area contributed by atoms with E-state index in [4.69, 9.17) is 0 Å². The van der Waals surface area contributed by atoms with Gasteiger partial charge in [0.05, 0.1) is 12.4 Å². The van der Waals surface area contributed by atoms with Crippen LogP contribution in [-0.4, -0.2) is 62.8 Å². The van der Waals surface area contributed by atoms with Crippen molar-refractivity contribution in [3.8, 4) is 5.69 Å². The summed E-state index contributed by atoms with van der Waals surface area (Å²) in [6, 6.07) is 9.17. The van der Waals surface area contributed by atoms with Crippen molar-refractivity contribution in [1.29, 1.82) is 0 Å². The molecule has 1 N–H and O–H groups in total. The van der Waals surface area contributed by atoms with Gasteiger partial charge in [-0.3, -0.25) is 9.80 Å². The number of hydrogen-bond acceptors (Lipinski definition) is 4. The quantitative estimate of drug-likeness (QED) is 0.913. The average Bonchev–Trinajstić information content (AvgIpc) is 3.05. The van der Waals surface area contributed by atoms with Crippen molar-refractivity contribution in [3.63, 3.8) is 0 Å². The van der Waals surface area contributed by atoms with E-state index >= 15 is 0 Å². The number of rotatable bonds is 5. The largest absolute Gasteiger partial charge is 0.392 e. The Kier molecular flexibility index (Phi) is 5.10. The van der Waals surface area contributed by atoms with Crippen LogP contribution in [-0.2, 0) is 6.54 Å². The number of hydrogen-bond donors (Lipinski definition) is 1. The molecule has 23 heavy (non-hydrogen) atoms. The average molecular weight is 314 g/mol. The molecule has 2 aromatic rings. The summed E-state index contributed by atoms with van der Waals surface area (Å²) in [6.45, 7) is 9.00. The molecule has 0 aliphatic carbocycles. The zero-order valence-corrected chi connectivity index (χ0v) is 14.0. The Balaban J connectivity index is 1.56. The van der Waals surface area contributed by atoms with Gasteiger partial charge in [0.2, 0.25) is 0 Å². The minimum Gasteiger partial charge on any atom is -0.392 e. The number of aromatic nitrogens is 2. The third-order valence-electron chi connectivity index (χ3n) is 4.49. The highest BCUT2D eigenvalue weighted by Gasteiger charge is 2.24. The molecule has 5 heteroatoms. The molecule has 2 heterocycles. The van der Waals surface area contributed by atoms with Gasteiger partial charge in [0.15, 0.2) is 0 Å². The second-order valence-corrected chi connectivity index (χ2v) is 6.56. The number of aliphatic hydroxyl groups is 1. The third-order valence-corrected chi connectivity index (χ3v) is 4.49. The molecule has 0 unspecified atom stereocenters. The maximum absolute atomic E-state index is 9.57. The molecule has 1 aromatic carbocycles. The molecule has 124 valence electrons. The molecule has 0 bridgehead atoms. The molecule has 1 aromatic heterocycles. The summed E-state index contributed by atoms with van der Waals surface area (Å²) in [4.78, 5) is 8.96. The van der Waals surface area contributed by atoms with Crippen LogP contribution in [0.4, 0.5) is 0 Å². The molecule has 3 rings (SSSR count). The standard InChI is InChI=1S/C18H26N4O/c1-15-11-20(9-10-21(15)12-16(2)23)13-17-3-5-18(6-4-17)22-8-7-19-14-22/h3-8,14-16,23H,9-13H2,1-2H3/t15-,16+/m0/s1. The molecule has 0 radical (unpaired) electrons. The van der Waals surface area contributed by atoms with Crippen molar-refractivity contribution in [1.82, 2.24) is 19.4 Å². The van der Waals surface area contributed by atoms with Gasteiger partial charge in [-0.1, -0.05) is 12.1 Å². The zero-order chi connectivity index (χ0) is 16.2. The van der Waals surface area contributed by atoms with E-state index in [2.05, 4.69) is 46.0 Å². The number of benzene rings is 1. The fraction of sp³-hybridized carbons (Fsp3) is 0.500. The lowest BCUT2D eigenvalue weighted by atomic mass is 10.1. The molecule has 1 saturated heterocycles. The fourth-order valence-electron chi connectivity index (χ4n) is 3.27. The van der Waals surface area contributed by atoms with Crippen LogP contribution in [0.5, 0.6) is 0 Å². The van der Waals surface area contributed by atoms with Gasteiger partial charge in [-0.25, -0.2) is 4.98 Å². The summed E-state index contributed by atoms with van der Waals surface area (Å²) in [5, 5.41) is 9.57. The number of imidazole rings is 1. The van der Waals surface area contributed by atoms with Crippen molar-refractivity contribution in [3.05, 3.63) is 48.5 Å². The van der Waals surface area contributed by atoms with Gasteiger partial charge in [0.1, 0.15) is 0 Å². The molecule has 0 amide bonds. The highest BCUT2D eigenvalue weighted by molar-refractivity contribution is 5.34. The van der Waals surface area contributed by atoms with Gasteiger partial charge in [-0.05, 0) is 31.5 Å². The second kappa shape index (κ2) is 7.25. The van der Waals surface area contributed by atoms with Gasteiger partial charge in [-0.2, -0.15) is 0 Å². The molecule has 0 saturated carbocycles. The summed E-state index contributed by atoms with van der Waals surface area (Å²) in [6.07, 6.45) is 5.32. The Morgan fingerprint density at radius 3 is 2.65 bits per heavy atom. The lowest BCUT2D eigenvalue weighted by molar-refractivity contribution is 0.0423. The molecule has 2 atom stereocenters. The van der Waals surface area contributed by atoms with E-state index in [9.17, 15) is 5.11 Å². The predicted octanol–water partition coefficient (Wildman–Crippen LogP) is 1.76. The van der Waals surface area contributed by atoms with Gasteiger partial charge >= 0.3 is 0 Å². The maximum Gasteiger partial charge on any atom is 0.0991 e. The van der Waals surface area contributed by atoms with Crippen LogP contribution in [0.3, 0.4) is 0 Å². The van der Waals surface area contributed by atoms with Crippen molar-refractivity contribution in [2.24, 2.45) is 0 Å². The van der Waals surface area contributed by atoms with Crippen LogP contribution in [0.15, 0.2) is 43.0 Å². The number of β-amino-alcohol motifs (C(OH)–C–C–N with tert-alkyl or cyclic N) is 1. The summed E-state index contributed by atoms with van der Waals surface area (Å²) in [5.41, 5.74) is 2.48. The van der Waals surface area contributed by atoms with E-state index in [1.807, 2.05) is 24.0 Å². The summed E-state index contributed by atoms with van der Waals surface area (Å²) in [5.74, 6) is 0. The van der Waals surface area contributed by atoms with Gasteiger partial charge < -0.3 is 9.67 Å². The zero-order valence-electron chi connectivity index (χ0n) is 14.0. The highest BCUT2D eigenvalue weighted by atomic mass is 16.3. The first-order valence-corrected chi connectivity index (χ1v) is 8.33. The van der Waals surface area contributed by atoms with Crippen LogP contribution in [0.2, 0.25) is 0 Å². The predicted molar refractivity (Wildman–Crippen MR) is 91.6 cm³/mol. The van der Waals surface area contributed by atoms with Crippen molar-refractivity contribution < 1.29 is 5.11 Å². The van der Waals surface area contributed by atoms with Crippen LogP contribution >= 0.6 is 0 Å². The number of nitrogens with zero attached hydrogens (tertiary/aromatic N) is 4. The Hall–Kier alpha value is -1.69. The maximum atomic E-state index is 9.57. The first-order valence-electron chi connectivity index (χ1n) is 8.33. The molecular weight excluding hydrogens is 288 g/mol. The van der Waals surface area contributed by atoms with Crippen molar-refractivity contribution in [2.75, 3.05) is 26.2 Å². The van der Waals surface area contributed by atoms with E-state index in [-0.39, 0.29) is 6.10 Å². The number of aliphatic hydroxyl groups excluding tert-OH is 1. The first-order chi connectivity index (χ1) is 11.1. The van der Waals surface area contributed by atoms with Crippen molar-refractivity contribution in [2.45, 2.75) is 32.5 Å². The van der Waals surface area contributed by atoms with Crippen molar-refractivity contribution >= 4 is 0 Å². The van der Waals surface area contributed by atoms with Crippen LogP contribution in [0, 0.1) is 0 Å². The molecular formula is C18H26N4O. The van der Waals surface area contributed by atoms with Gasteiger partial charge in [0, 0.05) is 56.8 Å². The van der Waals surface area contributed by atoms with E-state index in [0.29, 0.717) is 6.04 Å². The fourth-order valence-corrected chi connectivity index (χ4v) is 3.27. The molecule has 1 aliphatic heterocycles. The van der Waals surface area contributed by atoms with Crippen LogP contribution in [0.1, 0.15) is 19.4 Å². The summed E-state index contributed by atoms with van der Waals surface area (Å²) >= 11 is 0. The SMILES string of the molecule is C[C@@H](O)CN1CCN(Cc2ccc(-n3ccnc3)cc2)C[C@@H]1C. The third kappa shape index (κ3) is 4.19. The molecule has 1 fully saturated rings. The molecule has 5 nitrogen and oxygen atoms in total.